The predicted octanol–water partition coefficient (Wildman–Crippen LogP) is 3.63. The second kappa shape index (κ2) is 7.36. The van der Waals surface area contributed by atoms with Crippen molar-refractivity contribution in [1.82, 2.24) is 15.1 Å². The van der Waals surface area contributed by atoms with Gasteiger partial charge in [-0.25, -0.2) is 4.39 Å². The Morgan fingerprint density at radius 2 is 2.10 bits per heavy atom. The quantitative estimate of drug-likeness (QED) is 0.843. The third-order valence-corrected chi connectivity index (χ3v) is 3.56. The molecule has 1 atom stereocenters. The van der Waals surface area contributed by atoms with Crippen molar-refractivity contribution in [2.75, 3.05) is 6.54 Å². The zero-order chi connectivity index (χ0) is 15.2. The number of hydrogen-bond donors (Lipinski definition) is 1. The Morgan fingerprint density at radius 3 is 2.71 bits per heavy atom. The lowest BCUT2D eigenvalue weighted by molar-refractivity contribution is 0.523. The largest absolute Gasteiger partial charge is 0.310 e. The molecule has 114 valence electrons. The molecule has 0 amide bonds. The van der Waals surface area contributed by atoms with E-state index in [2.05, 4.69) is 36.5 Å². The molecule has 1 aromatic heterocycles. The highest BCUT2D eigenvalue weighted by molar-refractivity contribution is 5.27. The van der Waals surface area contributed by atoms with Crippen LogP contribution in [0, 0.1) is 12.7 Å². The van der Waals surface area contributed by atoms with Gasteiger partial charge < -0.3 is 5.32 Å². The SMILES string of the molecule is CCCNC(Cc1cnn(CC)c1)c1cc(C)cc(F)c1. The Labute approximate surface area is 126 Å². The lowest BCUT2D eigenvalue weighted by Gasteiger charge is -2.19. The fourth-order valence-corrected chi connectivity index (χ4v) is 2.51. The smallest absolute Gasteiger partial charge is 0.123 e. The van der Waals surface area contributed by atoms with Crippen LogP contribution < -0.4 is 5.32 Å². The summed E-state index contributed by atoms with van der Waals surface area (Å²) in [6.45, 7) is 7.92. The summed E-state index contributed by atoms with van der Waals surface area (Å²) < 4.78 is 15.6. The molecule has 1 heterocycles. The van der Waals surface area contributed by atoms with E-state index in [0.717, 1.165) is 37.1 Å². The molecule has 21 heavy (non-hydrogen) atoms. The Balaban J connectivity index is 2.20. The number of aryl methyl sites for hydroxylation is 2. The fourth-order valence-electron chi connectivity index (χ4n) is 2.51. The summed E-state index contributed by atoms with van der Waals surface area (Å²) >= 11 is 0. The van der Waals surface area contributed by atoms with Gasteiger partial charge in [-0.05, 0) is 62.1 Å². The van der Waals surface area contributed by atoms with Crippen LogP contribution in [0.4, 0.5) is 4.39 Å². The molecule has 0 spiro atoms. The van der Waals surface area contributed by atoms with Crippen LogP contribution >= 0.6 is 0 Å². The average Bonchev–Trinajstić information content (AvgIpc) is 2.90. The van der Waals surface area contributed by atoms with Crippen LogP contribution in [-0.4, -0.2) is 16.3 Å². The monoisotopic (exact) mass is 289 g/mol. The molecule has 4 heteroatoms. The molecule has 2 rings (SSSR count). The third kappa shape index (κ3) is 4.39. The molecule has 3 nitrogen and oxygen atoms in total. The first-order valence-electron chi connectivity index (χ1n) is 7.64. The molecule has 0 aliphatic rings. The maximum Gasteiger partial charge on any atom is 0.123 e. The molecular weight excluding hydrogens is 265 g/mol. The molecule has 1 N–H and O–H groups in total. The number of hydrogen-bond acceptors (Lipinski definition) is 2. The van der Waals surface area contributed by atoms with Gasteiger partial charge in [0.2, 0.25) is 0 Å². The maximum absolute atomic E-state index is 13.7. The van der Waals surface area contributed by atoms with Crippen molar-refractivity contribution in [3.8, 4) is 0 Å². The van der Waals surface area contributed by atoms with Gasteiger partial charge >= 0.3 is 0 Å². The van der Waals surface area contributed by atoms with E-state index in [-0.39, 0.29) is 11.9 Å². The van der Waals surface area contributed by atoms with Crippen LogP contribution in [0.5, 0.6) is 0 Å². The summed E-state index contributed by atoms with van der Waals surface area (Å²) in [6.07, 6.45) is 5.84. The van der Waals surface area contributed by atoms with Crippen LogP contribution in [-0.2, 0) is 13.0 Å². The first kappa shape index (κ1) is 15.7. The van der Waals surface area contributed by atoms with E-state index in [1.807, 2.05) is 17.8 Å². The van der Waals surface area contributed by atoms with Gasteiger partial charge in [-0.15, -0.1) is 0 Å². The lowest BCUT2D eigenvalue weighted by Crippen LogP contribution is -2.24. The minimum atomic E-state index is -0.169. The second-order valence-electron chi connectivity index (χ2n) is 5.48. The van der Waals surface area contributed by atoms with Gasteiger partial charge in [-0.2, -0.15) is 5.10 Å². The Morgan fingerprint density at radius 1 is 1.29 bits per heavy atom. The highest BCUT2D eigenvalue weighted by Crippen LogP contribution is 2.21. The molecule has 0 radical (unpaired) electrons. The Hall–Kier alpha value is -1.68. The molecule has 1 unspecified atom stereocenters. The van der Waals surface area contributed by atoms with Crippen molar-refractivity contribution < 1.29 is 4.39 Å². The van der Waals surface area contributed by atoms with E-state index in [0.29, 0.717) is 0 Å². The first-order valence-corrected chi connectivity index (χ1v) is 7.64. The van der Waals surface area contributed by atoms with Crippen LogP contribution in [0.1, 0.15) is 43.0 Å². The van der Waals surface area contributed by atoms with Gasteiger partial charge in [0, 0.05) is 18.8 Å². The first-order chi connectivity index (χ1) is 10.1. The fraction of sp³-hybridized carbons (Fsp3) is 0.471. The molecular formula is C17H24FN3. The van der Waals surface area contributed by atoms with E-state index in [4.69, 9.17) is 0 Å². The molecule has 1 aromatic carbocycles. The molecule has 2 aromatic rings. The zero-order valence-electron chi connectivity index (χ0n) is 13.1. The van der Waals surface area contributed by atoms with E-state index >= 15 is 0 Å². The summed E-state index contributed by atoms with van der Waals surface area (Å²) in [6, 6.07) is 5.37. The van der Waals surface area contributed by atoms with Gasteiger partial charge in [-0.3, -0.25) is 4.68 Å². The van der Waals surface area contributed by atoms with Crippen molar-refractivity contribution in [3.63, 3.8) is 0 Å². The molecule has 0 aliphatic carbocycles. The standard InChI is InChI=1S/C17H24FN3/c1-4-6-19-17(9-14-11-20-21(5-2)12-14)15-7-13(3)8-16(18)10-15/h7-8,10-12,17,19H,4-6,9H2,1-3H3. The van der Waals surface area contributed by atoms with E-state index < -0.39 is 0 Å². The van der Waals surface area contributed by atoms with E-state index in [1.165, 1.54) is 5.56 Å². The van der Waals surface area contributed by atoms with Crippen LogP contribution in [0.3, 0.4) is 0 Å². The minimum absolute atomic E-state index is 0.119. The highest BCUT2D eigenvalue weighted by atomic mass is 19.1. The average molecular weight is 289 g/mol. The number of rotatable bonds is 7. The normalized spacial score (nSPS) is 12.6. The Bertz CT molecular complexity index is 557. The number of aromatic nitrogens is 2. The van der Waals surface area contributed by atoms with Gasteiger partial charge in [0.15, 0.2) is 0 Å². The summed E-state index contributed by atoms with van der Waals surface area (Å²) in [5.41, 5.74) is 3.13. The van der Waals surface area contributed by atoms with Crippen molar-refractivity contribution in [2.24, 2.45) is 0 Å². The van der Waals surface area contributed by atoms with Gasteiger partial charge in [0.25, 0.3) is 0 Å². The lowest BCUT2D eigenvalue weighted by atomic mass is 9.98. The van der Waals surface area contributed by atoms with Crippen molar-refractivity contribution in [3.05, 3.63) is 53.1 Å². The van der Waals surface area contributed by atoms with Gasteiger partial charge in [0.05, 0.1) is 6.20 Å². The van der Waals surface area contributed by atoms with E-state index in [1.54, 1.807) is 12.1 Å². The number of nitrogens with one attached hydrogen (secondary N) is 1. The van der Waals surface area contributed by atoms with Gasteiger partial charge in [-0.1, -0.05) is 13.0 Å². The van der Waals surface area contributed by atoms with Crippen molar-refractivity contribution >= 4 is 0 Å². The molecule has 0 saturated carbocycles. The van der Waals surface area contributed by atoms with E-state index in [9.17, 15) is 4.39 Å². The minimum Gasteiger partial charge on any atom is -0.310 e. The van der Waals surface area contributed by atoms with Crippen molar-refractivity contribution in [2.45, 2.75) is 46.2 Å². The van der Waals surface area contributed by atoms with Crippen LogP contribution in [0.15, 0.2) is 30.6 Å². The second-order valence-corrected chi connectivity index (χ2v) is 5.48. The summed E-state index contributed by atoms with van der Waals surface area (Å²) in [7, 11) is 0. The summed E-state index contributed by atoms with van der Waals surface area (Å²) in [5.74, 6) is -0.169. The summed E-state index contributed by atoms with van der Waals surface area (Å²) in [5, 5.41) is 7.82. The molecule has 0 fully saturated rings. The molecule has 0 saturated heterocycles. The van der Waals surface area contributed by atoms with Crippen LogP contribution in [0.2, 0.25) is 0 Å². The highest BCUT2D eigenvalue weighted by Gasteiger charge is 2.14. The van der Waals surface area contributed by atoms with Crippen molar-refractivity contribution in [1.29, 1.82) is 0 Å². The molecule has 0 bridgehead atoms. The number of nitrogens with zero attached hydrogens (tertiary/aromatic N) is 2. The zero-order valence-corrected chi connectivity index (χ0v) is 13.1. The number of benzene rings is 1. The topological polar surface area (TPSA) is 29.9 Å². The molecule has 0 aliphatic heterocycles. The Kier molecular flexibility index (Phi) is 5.51. The van der Waals surface area contributed by atoms with Gasteiger partial charge in [0.1, 0.15) is 5.82 Å². The summed E-state index contributed by atoms with van der Waals surface area (Å²) in [4.78, 5) is 0. The maximum atomic E-state index is 13.7. The predicted molar refractivity (Wildman–Crippen MR) is 83.8 cm³/mol. The van der Waals surface area contributed by atoms with Crippen LogP contribution in [0.25, 0.3) is 0 Å². The number of halogens is 1. The third-order valence-electron chi connectivity index (χ3n) is 3.56.